The van der Waals surface area contributed by atoms with Crippen LogP contribution in [0.3, 0.4) is 0 Å². The van der Waals surface area contributed by atoms with Crippen LogP contribution in [0.1, 0.15) is 13.8 Å². The van der Waals surface area contributed by atoms with Crippen molar-refractivity contribution < 1.29 is 24.8 Å². The first kappa shape index (κ1) is 8.89. The van der Waals surface area contributed by atoms with Crippen molar-refractivity contribution in [3.05, 3.63) is 0 Å². The summed E-state index contributed by atoms with van der Waals surface area (Å²) in [5, 5.41) is 26.0. The summed E-state index contributed by atoms with van der Waals surface area (Å²) in [6.45, 7) is 3.22. The van der Waals surface area contributed by atoms with Crippen molar-refractivity contribution >= 4 is 0 Å². The highest BCUT2D eigenvalue weighted by molar-refractivity contribution is 4.75. The van der Waals surface area contributed by atoms with Crippen LogP contribution < -0.4 is 0 Å². The molecule has 1 atom stereocenters. The van der Waals surface area contributed by atoms with Crippen LogP contribution in [-0.2, 0) is 9.47 Å². The minimum absolute atomic E-state index is 0.0312. The van der Waals surface area contributed by atoms with E-state index in [1.165, 1.54) is 0 Å². The summed E-state index contributed by atoms with van der Waals surface area (Å²) >= 11 is 0. The molecule has 3 N–H and O–H groups in total. The van der Waals surface area contributed by atoms with Gasteiger partial charge in [0.1, 0.15) is 0 Å². The molecular weight excluding hydrogens is 152 g/mol. The molecule has 1 saturated heterocycles. The maximum atomic E-state index is 8.66. The molecule has 1 heterocycles. The summed E-state index contributed by atoms with van der Waals surface area (Å²) in [6, 6.07) is 0. The highest BCUT2D eigenvalue weighted by Gasteiger charge is 2.44. The van der Waals surface area contributed by atoms with Gasteiger partial charge in [0.05, 0.1) is 6.61 Å². The van der Waals surface area contributed by atoms with E-state index in [9.17, 15) is 0 Å². The van der Waals surface area contributed by atoms with Crippen LogP contribution in [0.2, 0.25) is 0 Å². The monoisotopic (exact) mass is 164 g/mol. The van der Waals surface area contributed by atoms with Gasteiger partial charge in [0.2, 0.25) is 0 Å². The van der Waals surface area contributed by atoms with Crippen LogP contribution in [0.5, 0.6) is 0 Å². The summed E-state index contributed by atoms with van der Waals surface area (Å²) < 4.78 is 9.92. The molecule has 0 bridgehead atoms. The molecule has 0 aromatic rings. The van der Waals surface area contributed by atoms with Crippen molar-refractivity contribution in [1.29, 1.82) is 0 Å². The highest BCUT2D eigenvalue weighted by Crippen LogP contribution is 2.26. The zero-order chi connectivity index (χ0) is 8.70. The number of aliphatic hydroxyl groups is 3. The van der Waals surface area contributed by atoms with Gasteiger partial charge in [-0.25, -0.2) is 0 Å². The van der Waals surface area contributed by atoms with Gasteiger partial charge in [-0.3, -0.25) is 0 Å². The topological polar surface area (TPSA) is 79.2 Å². The third-order valence-electron chi connectivity index (χ3n) is 1.44. The molecule has 0 radical (unpaired) electrons. The molecule has 0 spiro atoms. The minimum Gasteiger partial charge on any atom is -0.347 e. The Morgan fingerprint density at radius 1 is 1.36 bits per heavy atom. The van der Waals surface area contributed by atoms with Crippen molar-refractivity contribution in [2.75, 3.05) is 6.61 Å². The quantitative estimate of drug-likeness (QED) is 0.423. The van der Waals surface area contributed by atoms with Crippen molar-refractivity contribution in [3.8, 4) is 0 Å². The van der Waals surface area contributed by atoms with Crippen LogP contribution >= 0.6 is 0 Å². The second-order valence-corrected chi connectivity index (χ2v) is 3.00. The Balaban J connectivity index is 2.55. The molecule has 11 heavy (non-hydrogen) atoms. The van der Waals surface area contributed by atoms with Crippen molar-refractivity contribution in [2.24, 2.45) is 0 Å². The smallest absolute Gasteiger partial charge is 0.305 e. The molecule has 0 amide bonds. The Hall–Kier alpha value is -0.200. The van der Waals surface area contributed by atoms with E-state index in [1.807, 2.05) is 0 Å². The molecule has 5 heteroatoms. The molecule has 0 aromatic carbocycles. The average molecular weight is 164 g/mol. The van der Waals surface area contributed by atoms with Gasteiger partial charge in [0.15, 0.2) is 11.9 Å². The van der Waals surface area contributed by atoms with E-state index >= 15 is 0 Å². The normalized spacial score (nSPS) is 30.8. The first-order valence-corrected chi connectivity index (χ1v) is 3.30. The Labute approximate surface area is 64.2 Å². The minimum atomic E-state index is -2.81. The van der Waals surface area contributed by atoms with E-state index in [2.05, 4.69) is 0 Å². The van der Waals surface area contributed by atoms with Crippen LogP contribution in [0, 0.1) is 0 Å². The molecule has 1 aliphatic rings. The summed E-state index contributed by atoms with van der Waals surface area (Å²) in [5.74, 6) is -3.67. The summed E-state index contributed by atoms with van der Waals surface area (Å²) in [4.78, 5) is 0. The summed E-state index contributed by atoms with van der Waals surface area (Å²) in [7, 11) is 0. The van der Waals surface area contributed by atoms with Crippen LogP contribution in [0.15, 0.2) is 0 Å². The molecule has 1 fully saturated rings. The van der Waals surface area contributed by atoms with Gasteiger partial charge < -0.3 is 24.8 Å². The van der Waals surface area contributed by atoms with E-state index in [4.69, 9.17) is 24.8 Å². The molecule has 0 aromatic heterocycles. The molecule has 1 rings (SSSR count). The van der Waals surface area contributed by atoms with Crippen molar-refractivity contribution in [1.82, 2.24) is 0 Å². The molecule has 66 valence electrons. The Morgan fingerprint density at radius 2 is 1.91 bits per heavy atom. The fourth-order valence-electron chi connectivity index (χ4n) is 0.878. The Morgan fingerprint density at radius 3 is 2.09 bits per heavy atom. The number of ether oxygens (including phenoxy) is 2. The van der Waals surface area contributed by atoms with Gasteiger partial charge in [0.25, 0.3) is 0 Å². The van der Waals surface area contributed by atoms with E-state index in [-0.39, 0.29) is 6.61 Å². The lowest BCUT2D eigenvalue weighted by molar-refractivity contribution is -0.360. The van der Waals surface area contributed by atoms with E-state index < -0.39 is 17.9 Å². The number of rotatable bonds is 1. The third-order valence-corrected chi connectivity index (χ3v) is 1.44. The second-order valence-electron chi connectivity index (χ2n) is 3.00. The first-order valence-electron chi connectivity index (χ1n) is 3.30. The van der Waals surface area contributed by atoms with E-state index in [0.29, 0.717) is 0 Å². The predicted octanol–water partition coefficient (Wildman–Crippen LogP) is -1.23. The largest absolute Gasteiger partial charge is 0.347 e. The molecule has 0 aliphatic carbocycles. The van der Waals surface area contributed by atoms with Gasteiger partial charge in [0, 0.05) is 0 Å². The standard InChI is InChI=1S/C6H12O5/c1-5(2)10-3-4(11-5)6(7,8)9/h4,7-9H,3H2,1-2H3. The Kier molecular flexibility index (Phi) is 1.94. The average Bonchev–Trinajstić information content (AvgIpc) is 2.07. The fraction of sp³-hybridized carbons (Fsp3) is 1.00. The van der Waals surface area contributed by atoms with Gasteiger partial charge in [-0.15, -0.1) is 0 Å². The predicted molar refractivity (Wildman–Crippen MR) is 34.3 cm³/mol. The fourth-order valence-corrected chi connectivity index (χ4v) is 0.878. The lowest BCUT2D eigenvalue weighted by Gasteiger charge is -2.22. The van der Waals surface area contributed by atoms with Crippen molar-refractivity contribution in [2.45, 2.75) is 31.7 Å². The van der Waals surface area contributed by atoms with Crippen LogP contribution in [0.25, 0.3) is 0 Å². The number of hydrogen-bond donors (Lipinski definition) is 3. The molecule has 0 saturated carbocycles. The zero-order valence-electron chi connectivity index (χ0n) is 6.44. The van der Waals surface area contributed by atoms with E-state index in [1.54, 1.807) is 13.8 Å². The molecule has 5 nitrogen and oxygen atoms in total. The van der Waals surface area contributed by atoms with Crippen molar-refractivity contribution in [3.63, 3.8) is 0 Å². The van der Waals surface area contributed by atoms with Gasteiger partial charge in [-0.05, 0) is 13.8 Å². The summed E-state index contributed by atoms with van der Waals surface area (Å²) in [6.07, 6.45) is -1.10. The van der Waals surface area contributed by atoms with Gasteiger partial charge in [-0.2, -0.15) is 0 Å². The van der Waals surface area contributed by atoms with Gasteiger partial charge >= 0.3 is 5.97 Å². The van der Waals surface area contributed by atoms with E-state index in [0.717, 1.165) is 0 Å². The lowest BCUT2D eigenvalue weighted by Crippen LogP contribution is -2.44. The maximum absolute atomic E-state index is 8.66. The zero-order valence-corrected chi connectivity index (χ0v) is 6.44. The molecule has 1 aliphatic heterocycles. The van der Waals surface area contributed by atoms with Crippen LogP contribution in [-0.4, -0.2) is 39.8 Å². The first-order chi connectivity index (χ1) is 4.81. The molecule has 1 unspecified atom stereocenters. The highest BCUT2D eigenvalue weighted by atomic mass is 16.8. The second kappa shape index (κ2) is 2.40. The third kappa shape index (κ3) is 2.11. The SMILES string of the molecule is CC1(C)OCC(C(O)(O)O)O1. The number of hydrogen-bond acceptors (Lipinski definition) is 5. The van der Waals surface area contributed by atoms with Crippen LogP contribution in [0.4, 0.5) is 0 Å². The maximum Gasteiger partial charge on any atom is 0.305 e. The lowest BCUT2D eigenvalue weighted by atomic mass is 10.3. The summed E-state index contributed by atoms with van der Waals surface area (Å²) in [5.41, 5.74) is 0. The Bertz CT molecular complexity index is 148. The van der Waals surface area contributed by atoms with Gasteiger partial charge in [-0.1, -0.05) is 0 Å². The molecular formula is C6H12O5.